The summed E-state index contributed by atoms with van der Waals surface area (Å²) >= 11 is 0. The molecule has 0 radical (unpaired) electrons. The van der Waals surface area contributed by atoms with Crippen LogP contribution in [0.3, 0.4) is 0 Å². The maximum atomic E-state index is 12.9. The van der Waals surface area contributed by atoms with E-state index in [1.807, 2.05) is 27.7 Å². The summed E-state index contributed by atoms with van der Waals surface area (Å²) in [6.45, 7) is 8.43. The minimum atomic E-state index is -3.73. The van der Waals surface area contributed by atoms with E-state index in [0.29, 0.717) is 11.4 Å². The molecular formula is C24H34N4O4S. The SMILES string of the molecule is CC[C@H](C)NCC(=O)Nc1ccc(S(=O)(=O)c2ccc(NC(=O)CN[C@@H](C)CC)cc2)cc1. The molecule has 0 saturated heterocycles. The van der Waals surface area contributed by atoms with Crippen molar-refractivity contribution in [1.29, 1.82) is 0 Å². The van der Waals surface area contributed by atoms with E-state index in [9.17, 15) is 18.0 Å². The number of benzene rings is 2. The fourth-order valence-corrected chi connectivity index (χ4v) is 4.06. The summed E-state index contributed by atoms with van der Waals surface area (Å²) in [5.74, 6) is -0.384. The summed E-state index contributed by atoms with van der Waals surface area (Å²) in [6.07, 6.45) is 1.84. The van der Waals surface area contributed by atoms with Gasteiger partial charge in [-0.3, -0.25) is 9.59 Å². The molecule has 0 spiro atoms. The topological polar surface area (TPSA) is 116 Å². The average Bonchev–Trinajstić information content (AvgIpc) is 2.81. The van der Waals surface area contributed by atoms with E-state index in [0.717, 1.165) is 12.8 Å². The normalized spacial score (nSPS) is 13.2. The number of sulfone groups is 1. The third-order valence-electron chi connectivity index (χ3n) is 5.34. The molecule has 2 aromatic carbocycles. The van der Waals surface area contributed by atoms with Crippen molar-refractivity contribution in [2.24, 2.45) is 0 Å². The van der Waals surface area contributed by atoms with Crippen molar-refractivity contribution in [3.63, 3.8) is 0 Å². The smallest absolute Gasteiger partial charge is 0.238 e. The number of amides is 2. The van der Waals surface area contributed by atoms with Crippen LogP contribution in [0.1, 0.15) is 40.5 Å². The molecule has 2 aromatic rings. The van der Waals surface area contributed by atoms with Gasteiger partial charge in [-0.1, -0.05) is 13.8 Å². The minimum Gasteiger partial charge on any atom is -0.325 e. The summed E-state index contributed by atoms with van der Waals surface area (Å²) in [5, 5.41) is 11.7. The molecule has 8 nitrogen and oxygen atoms in total. The van der Waals surface area contributed by atoms with Gasteiger partial charge in [0.25, 0.3) is 0 Å². The predicted octanol–water partition coefficient (Wildman–Crippen LogP) is 3.17. The second kappa shape index (κ2) is 12.5. The van der Waals surface area contributed by atoms with Crippen molar-refractivity contribution in [2.45, 2.75) is 62.4 Å². The highest BCUT2D eigenvalue weighted by Crippen LogP contribution is 2.23. The van der Waals surface area contributed by atoms with Crippen LogP contribution in [0.4, 0.5) is 11.4 Å². The van der Waals surface area contributed by atoms with Crippen molar-refractivity contribution >= 4 is 33.0 Å². The molecule has 0 aliphatic carbocycles. The van der Waals surface area contributed by atoms with Crippen molar-refractivity contribution in [3.8, 4) is 0 Å². The third kappa shape index (κ3) is 8.27. The number of carbonyl (C=O) groups excluding carboxylic acids is 2. The zero-order valence-corrected chi connectivity index (χ0v) is 20.5. The molecule has 4 N–H and O–H groups in total. The zero-order chi connectivity index (χ0) is 24.4. The van der Waals surface area contributed by atoms with E-state index in [1.165, 1.54) is 24.3 Å². The largest absolute Gasteiger partial charge is 0.325 e. The first kappa shape index (κ1) is 26.5. The van der Waals surface area contributed by atoms with E-state index >= 15 is 0 Å². The molecule has 0 aliphatic rings. The van der Waals surface area contributed by atoms with Gasteiger partial charge in [-0.25, -0.2) is 8.42 Å². The van der Waals surface area contributed by atoms with Crippen LogP contribution in [0.5, 0.6) is 0 Å². The summed E-state index contributed by atoms with van der Waals surface area (Å²) in [6, 6.07) is 12.6. The van der Waals surface area contributed by atoms with Gasteiger partial charge in [0, 0.05) is 23.5 Å². The lowest BCUT2D eigenvalue weighted by Gasteiger charge is -2.12. The van der Waals surface area contributed by atoms with Crippen LogP contribution in [0, 0.1) is 0 Å². The van der Waals surface area contributed by atoms with Crippen LogP contribution in [-0.4, -0.2) is 45.4 Å². The molecule has 0 aliphatic heterocycles. The maximum absolute atomic E-state index is 12.9. The Hall–Kier alpha value is -2.75. The fraction of sp³-hybridized carbons (Fsp3) is 0.417. The molecule has 2 rings (SSSR count). The Balaban J connectivity index is 1.98. The minimum absolute atomic E-state index is 0.118. The first-order valence-electron chi connectivity index (χ1n) is 11.2. The molecule has 0 aromatic heterocycles. The van der Waals surface area contributed by atoms with Crippen LogP contribution in [-0.2, 0) is 19.4 Å². The highest BCUT2D eigenvalue weighted by atomic mass is 32.2. The third-order valence-corrected chi connectivity index (χ3v) is 7.13. The molecule has 0 saturated carbocycles. The quantitative estimate of drug-likeness (QED) is 0.375. The summed E-state index contributed by atoms with van der Waals surface area (Å²) in [5.41, 5.74) is 1.04. The average molecular weight is 475 g/mol. The van der Waals surface area contributed by atoms with E-state index < -0.39 is 9.84 Å². The molecule has 0 bridgehead atoms. The Kier molecular flexibility index (Phi) is 10.0. The van der Waals surface area contributed by atoms with Crippen molar-refractivity contribution in [3.05, 3.63) is 48.5 Å². The molecule has 0 fully saturated rings. The number of carbonyl (C=O) groups is 2. The Morgan fingerprint density at radius 3 is 1.33 bits per heavy atom. The van der Waals surface area contributed by atoms with Crippen molar-refractivity contribution < 1.29 is 18.0 Å². The second-order valence-electron chi connectivity index (χ2n) is 8.03. The Morgan fingerprint density at radius 1 is 0.697 bits per heavy atom. The van der Waals surface area contributed by atoms with Gasteiger partial charge in [0.15, 0.2) is 0 Å². The van der Waals surface area contributed by atoms with Crippen LogP contribution in [0.15, 0.2) is 58.3 Å². The van der Waals surface area contributed by atoms with Crippen LogP contribution < -0.4 is 21.3 Å². The lowest BCUT2D eigenvalue weighted by atomic mass is 10.2. The van der Waals surface area contributed by atoms with Crippen LogP contribution in [0.2, 0.25) is 0 Å². The molecule has 2 atom stereocenters. The lowest BCUT2D eigenvalue weighted by Crippen LogP contribution is -2.33. The number of nitrogens with one attached hydrogen (secondary N) is 4. The van der Waals surface area contributed by atoms with Crippen molar-refractivity contribution in [2.75, 3.05) is 23.7 Å². The van der Waals surface area contributed by atoms with Crippen LogP contribution in [0.25, 0.3) is 0 Å². The predicted molar refractivity (Wildman–Crippen MR) is 131 cm³/mol. The zero-order valence-electron chi connectivity index (χ0n) is 19.6. The number of rotatable bonds is 12. The summed E-state index contributed by atoms with van der Waals surface area (Å²) < 4.78 is 25.9. The van der Waals surface area contributed by atoms with Gasteiger partial charge in [0.1, 0.15) is 0 Å². The van der Waals surface area contributed by atoms with Gasteiger partial charge >= 0.3 is 0 Å². The Labute approximate surface area is 196 Å². The molecular weight excluding hydrogens is 440 g/mol. The van der Waals surface area contributed by atoms with E-state index in [1.54, 1.807) is 24.3 Å². The number of hydrogen-bond acceptors (Lipinski definition) is 6. The Bertz CT molecular complexity index is 944. The Morgan fingerprint density at radius 2 is 1.03 bits per heavy atom. The number of anilines is 2. The summed E-state index contributed by atoms with van der Waals surface area (Å²) in [4.78, 5) is 24.3. The fourth-order valence-electron chi connectivity index (χ4n) is 2.80. The van der Waals surface area contributed by atoms with E-state index in [-0.39, 0.29) is 46.8 Å². The molecule has 0 unspecified atom stereocenters. The number of hydrogen-bond donors (Lipinski definition) is 4. The first-order valence-corrected chi connectivity index (χ1v) is 12.7. The second-order valence-corrected chi connectivity index (χ2v) is 9.98. The van der Waals surface area contributed by atoms with Crippen LogP contribution >= 0.6 is 0 Å². The molecule has 0 heterocycles. The monoisotopic (exact) mass is 474 g/mol. The molecule has 9 heteroatoms. The van der Waals surface area contributed by atoms with Gasteiger partial charge in [-0.15, -0.1) is 0 Å². The highest BCUT2D eigenvalue weighted by molar-refractivity contribution is 7.91. The maximum Gasteiger partial charge on any atom is 0.238 e. The van der Waals surface area contributed by atoms with Crippen molar-refractivity contribution in [1.82, 2.24) is 10.6 Å². The van der Waals surface area contributed by atoms with E-state index in [4.69, 9.17) is 0 Å². The summed E-state index contributed by atoms with van der Waals surface area (Å²) in [7, 11) is -3.73. The van der Waals surface area contributed by atoms with E-state index in [2.05, 4.69) is 21.3 Å². The molecule has 180 valence electrons. The lowest BCUT2D eigenvalue weighted by molar-refractivity contribution is -0.116. The van der Waals surface area contributed by atoms with Gasteiger partial charge in [0.2, 0.25) is 21.7 Å². The van der Waals surface area contributed by atoms with Gasteiger partial charge in [-0.05, 0) is 75.2 Å². The molecule has 33 heavy (non-hydrogen) atoms. The van der Waals surface area contributed by atoms with Gasteiger partial charge in [-0.2, -0.15) is 0 Å². The molecule has 2 amide bonds. The highest BCUT2D eigenvalue weighted by Gasteiger charge is 2.18. The van der Waals surface area contributed by atoms with Gasteiger partial charge < -0.3 is 21.3 Å². The first-order chi connectivity index (χ1) is 15.6. The van der Waals surface area contributed by atoms with Gasteiger partial charge in [0.05, 0.1) is 22.9 Å². The standard InChI is InChI=1S/C24H34N4O4S/c1-5-17(3)25-15-23(29)27-19-7-11-21(12-8-19)33(31,32)22-13-9-20(10-14-22)28-24(30)16-26-18(4)6-2/h7-14,17-18,25-26H,5-6,15-16H2,1-4H3,(H,27,29)(H,28,30)/t17-,18-/m0/s1.